The number of pyridine rings is 1. The van der Waals surface area contributed by atoms with Crippen molar-refractivity contribution in [2.24, 2.45) is 11.3 Å². The van der Waals surface area contributed by atoms with Gasteiger partial charge in [-0.25, -0.2) is 8.78 Å². The van der Waals surface area contributed by atoms with E-state index in [1.54, 1.807) is 23.2 Å². The van der Waals surface area contributed by atoms with E-state index in [1.807, 2.05) is 13.0 Å². The fourth-order valence-corrected chi connectivity index (χ4v) is 12.5. The lowest BCUT2D eigenvalue weighted by Crippen LogP contribution is -2.56. The van der Waals surface area contributed by atoms with E-state index in [9.17, 15) is 14.7 Å². The van der Waals surface area contributed by atoms with Gasteiger partial charge in [0.25, 0.3) is 5.91 Å². The topological polar surface area (TPSA) is 140 Å². The lowest BCUT2D eigenvalue weighted by atomic mass is 9.86. The minimum atomic E-state index is -0.669. The van der Waals surface area contributed by atoms with Crippen LogP contribution in [0, 0.1) is 23.0 Å². The number of aryl methyl sites for hydroxylation is 1. The molecule has 1 aliphatic carbocycles. The second-order valence-electron chi connectivity index (χ2n) is 21.5. The van der Waals surface area contributed by atoms with Crippen LogP contribution >= 0.6 is 0 Å². The molecule has 2 amide bonds. The third kappa shape index (κ3) is 8.73. The molecule has 0 radical (unpaired) electrons. The second kappa shape index (κ2) is 18.3. The normalized spacial score (nSPS) is 24.0. The van der Waals surface area contributed by atoms with E-state index in [2.05, 4.69) is 48.6 Å². The van der Waals surface area contributed by atoms with Gasteiger partial charge in [-0.2, -0.15) is 9.97 Å². The number of hydrogen-bond donors (Lipinski definition) is 2. The molecular weight excluding hydrogens is 905 g/mol. The van der Waals surface area contributed by atoms with Gasteiger partial charge < -0.3 is 39.5 Å². The minimum absolute atomic E-state index is 0.0148. The molecule has 2 N–H and O–H groups in total. The molecular formula is C55H63F2N9O5. The number of ether oxygens (including phenoxy) is 2. The molecule has 6 fully saturated rings. The van der Waals surface area contributed by atoms with Crippen molar-refractivity contribution in [2.45, 2.75) is 89.3 Å². The zero-order chi connectivity index (χ0) is 48.6. The molecule has 16 heteroatoms. The summed E-state index contributed by atoms with van der Waals surface area (Å²) in [6.45, 7) is 16.7. The molecule has 8 heterocycles. The number of carbonyl (C=O) groups excluding carboxylic acids is 2. The van der Waals surface area contributed by atoms with Crippen molar-refractivity contribution >= 4 is 45.0 Å². The Hall–Kier alpha value is -5.97. The van der Waals surface area contributed by atoms with Crippen LogP contribution in [0.1, 0.15) is 86.2 Å². The zero-order valence-corrected chi connectivity index (χ0v) is 40.7. The van der Waals surface area contributed by atoms with Gasteiger partial charge in [-0.1, -0.05) is 19.6 Å². The number of allylic oxidation sites excluding steroid dienone is 1. The molecule has 1 spiro atoms. The summed E-state index contributed by atoms with van der Waals surface area (Å²) < 4.78 is 45.1. The molecule has 1 saturated carbocycles. The number of rotatable bonds is 12. The molecule has 5 saturated heterocycles. The average Bonchev–Trinajstić information content (AvgIpc) is 4.06. The molecule has 71 heavy (non-hydrogen) atoms. The Labute approximate surface area is 413 Å². The van der Waals surface area contributed by atoms with Crippen LogP contribution in [0.15, 0.2) is 60.9 Å². The first-order chi connectivity index (χ1) is 34.4. The van der Waals surface area contributed by atoms with E-state index in [0.717, 1.165) is 122 Å². The first kappa shape index (κ1) is 46.1. The van der Waals surface area contributed by atoms with Crippen LogP contribution in [-0.4, -0.2) is 137 Å². The summed E-state index contributed by atoms with van der Waals surface area (Å²) in [5.41, 5.74) is 4.09. The summed E-state index contributed by atoms with van der Waals surface area (Å²) in [6.07, 6.45) is 10.5. The molecule has 5 aromatic rings. The van der Waals surface area contributed by atoms with Gasteiger partial charge in [0.05, 0.1) is 24.2 Å². The van der Waals surface area contributed by atoms with E-state index in [0.29, 0.717) is 89.2 Å². The van der Waals surface area contributed by atoms with E-state index in [1.165, 1.54) is 12.1 Å². The summed E-state index contributed by atoms with van der Waals surface area (Å²) in [4.78, 5) is 51.9. The highest BCUT2D eigenvalue weighted by Crippen LogP contribution is 2.48. The molecule has 3 aromatic carbocycles. The van der Waals surface area contributed by atoms with Crippen LogP contribution in [0.25, 0.3) is 32.9 Å². The maximum Gasteiger partial charge on any atom is 0.319 e. The van der Waals surface area contributed by atoms with Crippen LogP contribution in [0.5, 0.6) is 11.8 Å². The lowest BCUT2D eigenvalue weighted by Gasteiger charge is -2.48. The van der Waals surface area contributed by atoms with E-state index < -0.39 is 17.7 Å². The lowest BCUT2D eigenvalue weighted by molar-refractivity contribution is -0.151. The number of likely N-dealkylation sites (tertiary alicyclic amines) is 1. The number of piperazine rings is 1. The highest BCUT2D eigenvalue weighted by molar-refractivity contribution is 6.03. The number of carbonyl (C=O) groups is 2. The Morgan fingerprint density at radius 2 is 1.73 bits per heavy atom. The molecule has 2 aromatic heterocycles. The standard InChI is InChI=1S/C55H63F2N9O5/c1-3-40-44(56)9-6-36-26-39(67)27-42(46(36)40)48-47(57)49-43(28-58-48)50(65-17-4-13-55(32-65)16-24-71-55)61-53(60-49)70-33-54(14-15-54)31-63-18-11-35(12-19-63)29-62-20-22-64(23-21-62)38-7-8-41-37(25-38)30-66(52(41)69)45-10-5-34(2)59-51(45)68/h6-9,25-28,35,45,67H,2-5,10-24,29-33H2,1H3,(H,59,68)/t45-,55-/m0/s1. The highest BCUT2D eigenvalue weighted by Gasteiger charge is 2.46. The van der Waals surface area contributed by atoms with Gasteiger partial charge in [0.2, 0.25) is 5.91 Å². The SMILES string of the molecule is C=C1CC[C@H](N2Cc3cc(N4CCN(CC5CCN(CC6(COc7nc(N8CCC[C@]9(CCO9)C8)c8cnc(-c9cc(O)cc%10ccc(F)c(CC)c9%10)c(F)c8n7)CC6)CC5)CC4)ccc3C2=O)C(=O)N1. The molecule has 6 aliphatic heterocycles. The smallest absolute Gasteiger partial charge is 0.319 e. The fraction of sp³-hybridized carbons (Fsp3) is 0.509. The molecule has 14 nitrogen and oxygen atoms in total. The third-order valence-corrected chi connectivity index (χ3v) is 16.8. The van der Waals surface area contributed by atoms with Crippen LogP contribution < -0.4 is 19.9 Å². The number of phenols is 1. The Morgan fingerprint density at radius 3 is 2.48 bits per heavy atom. The molecule has 0 unspecified atom stereocenters. The summed E-state index contributed by atoms with van der Waals surface area (Å²) >= 11 is 0. The summed E-state index contributed by atoms with van der Waals surface area (Å²) in [7, 11) is 0. The fourth-order valence-electron chi connectivity index (χ4n) is 12.5. The van der Waals surface area contributed by atoms with Gasteiger partial charge in [-0.3, -0.25) is 19.5 Å². The van der Waals surface area contributed by atoms with E-state index in [4.69, 9.17) is 19.4 Å². The van der Waals surface area contributed by atoms with Crippen molar-refractivity contribution in [3.8, 4) is 23.0 Å². The molecule has 2 atom stereocenters. The molecule has 372 valence electrons. The number of aromatic nitrogens is 3. The Bertz CT molecular complexity index is 2950. The maximum atomic E-state index is 17.2. The van der Waals surface area contributed by atoms with Crippen molar-refractivity contribution in [1.29, 1.82) is 0 Å². The number of amides is 2. The Balaban J connectivity index is 0.687. The predicted molar refractivity (Wildman–Crippen MR) is 268 cm³/mol. The number of phenolic OH excluding ortho intramolecular Hbond substituents is 1. The van der Waals surface area contributed by atoms with E-state index in [-0.39, 0.29) is 45.8 Å². The number of nitrogens with one attached hydrogen (secondary N) is 1. The molecule has 12 rings (SSSR count). The Morgan fingerprint density at radius 1 is 0.915 bits per heavy atom. The summed E-state index contributed by atoms with van der Waals surface area (Å²) in [5.74, 6) is -0.124. The van der Waals surface area contributed by atoms with Gasteiger partial charge in [0, 0.05) is 99.4 Å². The van der Waals surface area contributed by atoms with Gasteiger partial charge in [-0.15, -0.1) is 0 Å². The number of piperidine rings is 3. The number of fused-ring (bicyclic) bond motifs is 3. The van der Waals surface area contributed by atoms with Crippen LogP contribution in [0.4, 0.5) is 20.3 Å². The number of hydrogen-bond acceptors (Lipinski definition) is 12. The average molecular weight is 968 g/mol. The monoisotopic (exact) mass is 967 g/mol. The van der Waals surface area contributed by atoms with Gasteiger partial charge >= 0.3 is 6.01 Å². The predicted octanol–water partition coefficient (Wildman–Crippen LogP) is 7.59. The first-order valence-electron chi connectivity index (χ1n) is 25.9. The van der Waals surface area contributed by atoms with Crippen molar-refractivity contribution < 1.29 is 33.0 Å². The van der Waals surface area contributed by atoms with Crippen LogP contribution in [0.2, 0.25) is 0 Å². The number of anilines is 2. The van der Waals surface area contributed by atoms with Gasteiger partial charge in [0.15, 0.2) is 5.82 Å². The number of nitrogens with zero attached hydrogens (tertiary/aromatic N) is 8. The number of halogens is 2. The van der Waals surface area contributed by atoms with Crippen molar-refractivity contribution in [3.05, 3.63) is 89.3 Å². The number of benzene rings is 3. The van der Waals surface area contributed by atoms with Crippen LogP contribution in [-0.2, 0) is 22.5 Å². The van der Waals surface area contributed by atoms with Crippen molar-refractivity contribution in [3.63, 3.8) is 0 Å². The van der Waals surface area contributed by atoms with Gasteiger partial charge in [-0.05, 0) is 135 Å². The summed E-state index contributed by atoms with van der Waals surface area (Å²) in [5, 5.41) is 15.2. The first-order valence-corrected chi connectivity index (χ1v) is 25.9. The highest BCUT2D eigenvalue weighted by atomic mass is 19.1. The molecule has 7 aliphatic rings. The van der Waals surface area contributed by atoms with Crippen LogP contribution in [0.3, 0.4) is 0 Å². The largest absolute Gasteiger partial charge is 0.508 e. The third-order valence-electron chi connectivity index (χ3n) is 16.8. The Kier molecular flexibility index (Phi) is 11.9. The van der Waals surface area contributed by atoms with Crippen molar-refractivity contribution in [1.82, 2.24) is 35.0 Å². The van der Waals surface area contributed by atoms with Crippen molar-refractivity contribution in [2.75, 3.05) is 88.5 Å². The zero-order valence-electron chi connectivity index (χ0n) is 40.7. The number of aromatic hydroxyl groups is 1. The van der Waals surface area contributed by atoms with Gasteiger partial charge in [0.1, 0.15) is 34.6 Å². The van der Waals surface area contributed by atoms with E-state index >= 15 is 8.78 Å². The summed E-state index contributed by atoms with van der Waals surface area (Å²) in [6, 6.07) is 11.8. The second-order valence-corrected chi connectivity index (χ2v) is 21.5. The minimum Gasteiger partial charge on any atom is -0.508 e. The maximum absolute atomic E-state index is 17.2. The quantitative estimate of drug-likeness (QED) is 0.127. The molecule has 0 bridgehead atoms.